The van der Waals surface area contributed by atoms with Crippen molar-refractivity contribution in [1.82, 2.24) is 20.1 Å². The number of hydrogen-bond donors (Lipinski definition) is 2. The molecule has 1 amide bonds. The highest BCUT2D eigenvalue weighted by molar-refractivity contribution is 6.02. The van der Waals surface area contributed by atoms with Crippen molar-refractivity contribution in [3.05, 3.63) is 70.3 Å². The molecule has 0 aliphatic carbocycles. The zero-order valence-electron chi connectivity index (χ0n) is 23.5. The molecule has 3 saturated heterocycles. The number of rotatable bonds is 5. The standard InChI is InChI=1S/C33H34FN5O3/c34-25-16-23-29-32(30(25)38-17-22-8-5-9-35-26(22)19-38)42-28-15-21-7-2-1-6-20(21)14-27(28)39(29)18-24(31(23)40)33(41)36-10-13-37-11-3-4-12-37/h1-2,6-7,14-16,18,22,26,35H,3-5,8-13,17,19H2,(H,36,41). The molecule has 0 radical (unpaired) electrons. The van der Waals surface area contributed by atoms with E-state index in [4.69, 9.17) is 4.74 Å². The third-order valence-electron chi connectivity index (χ3n) is 9.54. The summed E-state index contributed by atoms with van der Waals surface area (Å²) in [6, 6.07) is 13.5. The van der Waals surface area contributed by atoms with E-state index in [-0.39, 0.29) is 10.9 Å². The van der Waals surface area contributed by atoms with Crippen molar-refractivity contribution in [1.29, 1.82) is 0 Å². The van der Waals surface area contributed by atoms with Gasteiger partial charge < -0.3 is 29.7 Å². The molecule has 1 aromatic heterocycles. The lowest BCUT2D eigenvalue weighted by molar-refractivity contribution is 0.0948. The number of aromatic nitrogens is 1. The van der Waals surface area contributed by atoms with E-state index < -0.39 is 17.2 Å². The summed E-state index contributed by atoms with van der Waals surface area (Å²) in [5.41, 5.74) is 1.10. The van der Waals surface area contributed by atoms with E-state index in [0.717, 1.165) is 56.3 Å². The predicted octanol–water partition coefficient (Wildman–Crippen LogP) is 4.40. The number of benzene rings is 3. The predicted molar refractivity (Wildman–Crippen MR) is 162 cm³/mol. The number of carbonyl (C=O) groups excluding carboxylic acids is 1. The second-order valence-corrected chi connectivity index (χ2v) is 12.1. The van der Waals surface area contributed by atoms with E-state index in [1.54, 1.807) is 6.20 Å². The Morgan fingerprint density at radius 1 is 1.07 bits per heavy atom. The van der Waals surface area contributed by atoms with Gasteiger partial charge in [-0.25, -0.2) is 4.39 Å². The first-order chi connectivity index (χ1) is 20.5. The van der Waals surface area contributed by atoms with Crippen molar-refractivity contribution in [3.8, 4) is 17.2 Å². The fourth-order valence-corrected chi connectivity index (χ4v) is 7.40. The number of nitrogens with zero attached hydrogens (tertiary/aromatic N) is 3. The highest BCUT2D eigenvalue weighted by atomic mass is 19.1. The van der Waals surface area contributed by atoms with Gasteiger partial charge in [-0.2, -0.15) is 0 Å². The molecule has 3 aromatic carbocycles. The SMILES string of the molecule is O=C(NCCN1CCCC1)c1cn2c3c(c(N4CC5CCCNC5C4)c(F)cc3c1=O)Oc1cc3ccccc3cc1-2. The maximum atomic E-state index is 16.2. The third-order valence-corrected chi connectivity index (χ3v) is 9.54. The fourth-order valence-electron chi connectivity index (χ4n) is 7.40. The largest absolute Gasteiger partial charge is 0.451 e. The number of piperidine rings is 1. The fraction of sp³-hybridized carbons (Fsp3) is 0.394. The molecule has 8 rings (SSSR count). The molecule has 2 atom stereocenters. The van der Waals surface area contributed by atoms with Gasteiger partial charge in [0.25, 0.3) is 5.91 Å². The van der Waals surface area contributed by atoms with E-state index in [1.165, 1.54) is 18.9 Å². The number of ether oxygens (including phenoxy) is 1. The van der Waals surface area contributed by atoms with Gasteiger partial charge in [-0.05, 0) is 80.2 Å². The molecule has 2 N–H and O–H groups in total. The number of likely N-dealkylation sites (tertiary alicyclic amines) is 1. The number of amides is 1. The van der Waals surface area contributed by atoms with Crippen LogP contribution < -0.4 is 25.7 Å². The summed E-state index contributed by atoms with van der Waals surface area (Å²) in [6.07, 6.45) is 6.18. The Labute approximate surface area is 243 Å². The molecule has 0 spiro atoms. The van der Waals surface area contributed by atoms with Crippen molar-refractivity contribution in [2.45, 2.75) is 31.7 Å². The Morgan fingerprint density at radius 3 is 2.69 bits per heavy atom. The quantitative estimate of drug-likeness (QED) is 0.328. The molecule has 0 bridgehead atoms. The third kappa shape index (κ3) is 4.17. The van der Waals surface area contributed by atoms with Crippen LogP contribution in [-0.4, -0.2) is 67.2 Å². The molecule has 4 aliphatic rings. The molecule has 2 unspecified atom stereocenters. The van der Waals surface area contributed by atoms with E-state index in [1.807, 2.05) is 41.0 Å². The lowest BCUT2D eigenvalue weighted by Crippen LogP contribution is -2.40. The Morgan fingerprint density at radius 2 is 1.88 bits per heavy atom. The van der Waals surface area contributed by atoms with E-state index in [0.29, 0.717) is 53.4 Å². The number of fused-ring (bicyclic) bond motifs is 4. The van der Waals surface area contributed by atoms with Crippen LogP contribution in [0.15, 0.2) is 53.5 Å². The van der Waals surface area contributed by atoms with Crippen molar-refractivity contribution in [2.75, 3.05) is 50.7 Å². The average molecular weight is 568 g/mol. The van der Waals surface area contributed by atoms with Crippen LogP contribution in [0, 0.1) is 11.7 Å². The normalized spacial score (nSPS) is 21.4. The van der Waals surface area contributed by atoms with E-state index >= 15 is 4.39 Å². The average Bonchev–Trinajstić information content (AvgIpc) is 3.67. The van der Waals surface area contributed by atoms with E-state index in [2.05, 4.69) is 20.4 Å². The maximum absolute atomic E-state index is 16.2. The lowest BCUT2D eigenvalue weighted by Gasteiger charge is -2.29. The highest BCUT2D eigenvalue weighted by Crippen LogP contribution is 2.48. The number of halogens is 1. The first-order valence-electron chi connectivity index (χ1n) is 15.2. The Balaban J connectivity index is 1.27. The number of carbonyl (C=O) groups is 1. The van der Waals surface area contributed by atoms with Gasteiger partial charge in [-0.3, -0.25) is 9.59 Å². The van der Waals surface area contributed by atoms with Gasteiger partial charge in [-0.1, -0.05) is 24.3 Å². The molecule has 5 heterocycles. The van der Waals surface area contributed by atoms with Gasteiger partial charge in [0.05, 0.1) is 11.1 Å². The van der Waals surface area contributed by atoms with Crippen LogP contribution in [0.2, 0.25) is 0 Å². The number of anilines is 1. The first-order valence-corrected chi connectivity index (χ1v) is 15.2. The Bertz CT molecular complexity index is 1780. The van der Waals surface area contributed by atoms with Crippen molar-refractivity contribution < 1.29 is 13.9 Å². The number of nitrogens with one attached hydrogen (secondary N) is 2. The summed E-state index contributed by atoms with van der Waals surface area (Å²) >= 11 is 0. The van der Waals surface area contributed by atoms with Crippen LogP contribution in [0.25, 0.3) is 27.4 Å². The first kappa shape index (κ1) is 25.7. The summed E-state index contributed by atoms with van der Waals surface area (Å²) in [7, 11) is 0. The van der Waals surface area contributed by atoms with Crippen LogP contribution in [-0.2, 0) is 0 Å². The van der Waals surface area contributed by atoms with Gasteiger partial charge in [0, 0.05) is 38.4 Å². The maximum Gasteiger partial charge on any atom is 0.256 e. The van der Waals surface area contributed by atoms with Crippen LogP contribution in [0.4, 0.5) is 10.1 Å². The zero-order valence-corrected chi connectivity index (χ0v) is 23.5. The lowest BCUT2D eigenvalue weighted by atomic mass is 9.94. The topological polar surface area (TPSA) is 78.8 Å². The zero-order chi connectivity index (χ0) is 28.4. The molecule has 3 fully saturated rings. The van der Waals surface area contributed by atoms with Crippen molar-refractivity contribution in [2.24, 2.45) is 5.92 Å². The molecule has 42 heavy (non-hydrogen) atoms. The Kier molecular flexibility index (Phi) is 6.19. The molecule has 4 aromatic rings. The smallest absolute Gasteiger partial charge is 0.256 e. The minimum Gasteiger partial charge on any atom is -0.451 e. The molecule has 4 aliphatic heterocycles. The van der Waals surface area contributed by atoms with Gasteiger partial charge in [0.2, 0.25) is 5.43 Å². The van der Waals surface area contributed by atoms with Crippen molar-refractivity contribution >= 4 is 33.3 Å². The molecule has 8 nitrogen and oxygen atoms in total. The van der Waals surface area contributed by atoms with Gasteiger partial charge in [-0.15, -0.1) is 0 Å². The summed E-state index contributed by atoms with van der Waals surface area (Å²) in [6.45, 7) is 5.63. The summed E-state index contributed by atoms with van der Waals surface area (Å²) < 4.78 is 24.6. The molecule has 0 saturated carbocycles. The van der Waals surface area contributed by atoms with Crippen LogP contribution in [0.5, 0.6) is 11.5 Å². The van der Waals surface area contributed by atoms with E-state index in [9.17, 15) is 9.59 Å². The summed E-state index contributed by atoms with van der Waals surface area (Å²) in [4.78, 5) is 31.6. The number of pyridine rings is 1. The highest BCUT2D eigenvalue weighted by Gasteiger charge is 2.38. The summed E-state index contributed by atoms with van der Waals surface area (Å²) in [5.74, 6) is 0.391. The monoisotopic (exact) mass is 567 g/mol. The second-order valence-electron chi connectivity index (χ2n) is 12.1. The Hall–Kier alpha value is -3.95. The summed E-state index contributed by atoms with van der Waals surface area (Å²) in [5, 5.41) is 8.67. The van der Waals surface area contributed by atoms with Crippen LogP contribution in [0.3, 0.4) is 0 Å². The molecular weight excluding hydrogens is 533 g/mol. The minimum atomic E-state index is -0.504. The van der Waals surface area contributed by atoms with Crippen LogP contribution >= 0.6 is 0 Å². The second kappa shape index (κ2) is 10.1. The van der Waals surface area contributed by atoms with Gasteiger partial charge >= 0.3 is 0 Å². The number of hydrogen-bond acceptors (Lipinski definition) is 6. The molecular formula is C33H34FN5O3. The minimum absolute atomic E-state index is 0.000535. The van der Waals surface area contributed by atoms with Gasteiger partial charge in [0.1, 0.15) is 16.8 Å². The van der Waals surface area contributed by atoms with Gasteiger partial charge in [0.15, 0.2) is 17.3 Å². The molecule has 216 valence electrons. The van der Waals surface area contributed by atoms with Crippen molar-refractivity contribution in [3.63, 3.8) is 0 Å². The molecule has 9 heteroatoms. The van der Waals surface area contributed by atoms with Crippen LogP contribution in [0.1, 0.15) is 36.0 Å².